The first-order valence-electron chi connectivity index (χ1n) is 12.4. The highest BCUT2D eigenvalue weighted by Gasteiger charge is 2.39. The zero-order chi connectivity index (χ0) is 27.5. The van der Waals surface area contributed by atoms with E-state index >= 15 is 0 Å². The Bertz CT molecular complexity index is 1560. The lowest BCUT2D eigenvalue weighted by molar-refractivity contribution is -0.122. The van der Waals surface area contributed by atoms with Crippen LogP contribution in [0.5, 0.6) is 0 Å². The first kappa shape index (κ1) is 26.4. The van der Waals surface area contributed by atoms with Gasteiger partial charge in [0, 0.05) is 31.1 Å². The van der Waals surface area contributed by atoms with Gasteiger partial charge in [0.05, 0.1) is 40.3 Å². The van der Waals surface area contributed by atoms with E-state index in [-0.39, 0.29) is 11.8 Å². The monoisotopic (exact) mass is 554 g/mol. The molecule has 0 unspecified atom stereocenters. The Morgan fingerprint density at radius 2 is 1.87 bits per heavy atom. The normalized spacial score (nSPS) is 17.4. The van der Waals surface area contributed by atoms with Gasteiger partial charge in [0.1, 0.15) is 4.91 Å². The minimum Gasteiger partial charge on any atom is -0.384 e. The van der Waals surface area contributed by atoms with Crippen LogP contribution in [0.4, 0.5) is 22.7 Å². The fraction of sp³-hybridized carbons (Fsp3) is 0.172. The van der Waals surface area contributed by atoms with Crippen LogP contribution in [-0.2, 0) is 16.1 Å². The smallest absolute Gasteiger partial charge is 0.269 e. The van der Waals surface area contributed by atoms with Crippen molar-refractivity contribution in [2.24, 2.45) is 4.99 Å². The minimum absolute atomic E-state index is 0.131. The Morgan fingerprint density at radius 3 is 2.59 bits per heavy atom. The van der Waals surface area contributed by atoms with Gasteiger partial charge < -0.3 is 15.5 Å². The third kappa shape index (κ3) is 5.50. The number of benzene rings is 3. The number of rotatable bonds is 6. The van der Waals surface area contributed by atoms with Crippen LogP contribution in [0.3, 0.4) is 0 Å². The maximum Gasteiger partial charge on any atom is 0.269 e. The molecule has 5 rings (SSSR count). The second-order valence-electron chi connectivity index (χ2n) is 8.91. The van der Waals surface area contributed by atoms with Crippen molar-refractivity contribution in [3.8, 4) is 6.07 Å². The van der Waals surface area contributed by atoms with E-state index in [4.69, 9.17) is 4.99 Å². The first-order chi connectivity index (χ1) is 18.9. The zero-order valence-electron chi connectivity index (χ0n) is 21.7. The van der Waals surface area contributed by atoms with Crippen LogP contribution in [0.2, 0.25) is 0 Å². The van der Waals surface area contributed by atoms with Crippen LogP contribution >= 0.6 is 23.5 Å². The second kappa shape index (κ2) is 11.3. The van der Waals surface area contributed by atoms with E-state index in [1.807, 2.05) is 73.5 Å². The molecule has 2 heterocycles. The molecule has 2 amide bonds. The molecule has 0 atom stereocenters. The Morgan fingerprint density at radius 1 is 1.08 bits per heavy atom. The number of aliphatic imine (C=N–C) groups is 1. The van der Waals surface area contributed by atoms with Crippen molar-refractivity contribution in [1.82, 2.24) is 4.90 Å². The lowest BCUT2D eigenvalue weighted by Crippen LogP contribution is -2.29. The molecule has 196 valence electrons. The number of amides is 2. The molecule has 0 radical (unpaired) electrons. The fourth-order valence-electron chi connectivity index (χ4n) is 4.29. The molecule has 0 aromatic heterocycles. The molecule has 39 heavy (non-hydrogen) atoms. The SMILES string of the molecule is CCNc1ccc(C#N)cc1N=C1S/C(=C2\Sc3cc(NC(C)=O)ccc3N2C)C(=O)N1Cc1ccccc1. The summed E-state index contributed by atoms with van der Waals surface area (Å²) in [5.41, 5.74) is 4.55. The topological polar surface area (TPSA) is 101 Å². The van der Waals surface area contributed by atoms with Crippen molar-refractivity contribution < 1.29 is 9.59 Å². The highest BCUT2D eigenvalue weighted by atomic mass is 32.2. The molecule has 0 bridgehead atoms. The standard InChI is InChI=1S/C29H26N6O2S2/c1-4-31-22-12-10-20(16-30)14-23(22)33-29-35(17-19-8-6-5-7-9-19)27(37)26(39-29)28-34(3)24-13-11-21(32-18(2)36)15-25(24)38-28/h5-15,31H,4,17H2,1-3H3,(H,32,36)/b28-26-,33-29?. The van der Waals surface area contributed by atoms with E-state index in [2.05, 4.69) is 16.7 Å². The summed E-state index contributed by atoms with van der Waals surface area (Å²) < 4.78 is 0. The quantitative estimate of drug-likeness (QED) is 0.354. The Labute approximate surface area is 235 Å². The van der Waals surface area contributed by atoms with Gasteiger partial charge in [-0.2, -0.15) is 5.26 Å². The van der Waals surface area contributed by atoms with E-state index in [0.717, 1.165) is 26.9 Å². The van der Waals surface area contributed by atoms with Crippen molar-refractivity contribution in [2.45, 2.75) is 25.3 Å². The number of hydrogen-bond acceptors (Lipinski definition) is 8. The molecule has 0 aliphatic carbocycles. The molecule has 2 N–H and O–H groups in total. The molecule has 2 aliphatic rings. The van der Waals surface area contributed by atoms with Crippen molar-refractivity contribution in [2.75, 3.05) is 29.1 Å². The maximum absolute atomic E-state index is 13.9. The molecular weight excluding hydrogens is 528 g/mol. The molecule has 1 saturated heterocycles. The maximum atomic E-state index is 13.9. The van der Waals surface area contributed by atoms with Crippen LogP contribution < -0.4 is 15.5 Å². The van der Waals surface area contributed by atoms with Gasteiger partial charge in [0.25, 0.3) is 5.91 Å². The summed E-state index contributed by atoms with van der Waals surface area (Å²) in [6.45, 7) is 4.53. The summed E-state index contributed by atoms with van der Waals surface area (Å²) in [6.07, 6.45) is 0. The van der Waals surface area contributed by atoms with Gasteiger partial charge in [-0.1, -0.05) is 42.1 Å². The second-order valence-corrected chi connectivity index (χ2v) is 10.9. The molecule has 3 aromatic carbocycles. The molecule has 8 nitrogen and oxygen atoms in total. The van der Waals surface area contributed by atoms with Crippen molar-refractivity contribution in [1.29, 1.82) is 5.26 Å². The number of nitriles is 1. The van der Waals surface area contributed by atoms with E-state index < -0.39 is 0 Å². The van der Waals surface area contributed by atoms with E-state index in [0.29, 0.717) is 40.1 Å². The Balaban J connectivity index is 1.57. The number of fused-ring (bicyclic) bond motifs is 1. The van der Waals surface area contributed by atoms with Gasteiger partial charge in [-0.3, -0.25) is 14.5 Å². The minimum atomic E-state index is -0.138. The number of hydrogen-bond donors (Lipinski definition) is 2. The largest absolute Gasteiger partial charge is 0.384 e. The third-order valence-corrected chi connectivity index (χ3v) is 8.52. The summed E-state index contributed by atoms with van der Waals surface area (Å²) in [5, 5.41) is 16.9. The molecule has 2 aliphatic heterocycles. The first-order valence-corrected chi connectivity index (χ1v) is 14.0. The van der Waals surface area contributed by atoms with Crippen LogP contribution in [0, 0.1) is 11.3 Å². The summed E-state index contributed by atoms with van der Waals surface area (Å²) in [6, 6.07) is 23.0. The third-order valence-electron chi connectivity index (χ3n) is 6.10. The van der Waals surface area contributed by atoms with Crippen LogP contribution in [0.15, 0.2) is 86.6 Å². The van der Waals surface area contributed by atoms with Crippen molar-refractivity contribution >= 4 is 63.3 Å². The average Bonchev–Trinajstić information content (AvgIpc) is 3.41. The van der Waals surface area contributed by atoms with Gasteiger partial charge in [-0.15, -0.1) is 0 Å². The lowest BCUT2D eigenvalue weighted by atomic mass is 10.2. The number of carbonyl (C=O) groups excluding carboxylic acids is 2. The summed E-state index contributed by atoms with van der Waals surface area (Å²) >= 11 is 2.83. The number of carbonyl (C=O) groups is 2. The van der Waals surface area contributed by atoms with Crippen LogP contribution in [-0.4, -0.2) is 35.5 Å². The predicted octanol–water partition coefficient (Wildman–Crippen LogP) is 6.12. The number of nitrogens with one attached hydrogen (secondary N) is 2. The molecule has 3 aromatic rings. The number of anilines is 3. The number of nitrogens with zero attached hydrogens (tertiary/aromatic N) is 4. The fourth-order valence-corrected chi connectivity index (χ4v) is 6.67. The Kier molecular flexibility index (Phi) is 7.63. The van der Waals surface area contributed by atoms with Gasteiger partial charge >= 0.3 is 0 Å². The zero-order valence-corrected chi connectivity index (χ0v) is 23.3. The van der Waals surface area contributed by atoms with Crippen molar-refractivity contribution in [3.63, 3.8) is 0 Å². The van der Waals surface area contributed by atoms with E-state index in [1.165, 1.54) is 30.4 Å². The highest BCUT2D eigenvalue weighted by molar-refractivity contribution is 8.19. The van der Waals surface area contributed by atoms with Crippen molar-refractivity contribution in [3.05, 3.63) is 87.8 Å². The summed E-state index contributed by atoms with van der Waals surface area (Å²) in [4.78, 5) is 35.6. The van der Waals surface area contributed by atoms with E-state index in [9.17, 15) is 14.9 Å². The molecule has 10 heteroatoms. The molecule has 0 spiro atoms. The van der Waals surface area contributed by atoms with Crippen LogP contribution in [0.25, 0.3) is 0 Å². The number of amidine groups is 1. The Hall–Kier alpha value is -4.20. The average molecular weight is 555 g/mol. The molecule has 0 saturated carbocycles. The molecular formula is C29H26N6O2S2. The van der Waals surface area contributed by atoms with Gasteiger partial charge in [-0.05, 0) is 60.6 Å². The summed E-state index contributed by atoms with van der Waals surface area (Å²) in [5.74, 6) is -0.269. The predicted molar refractivity (Wildman–Crippen MR) is 159 cm³/mol. The lowest BCUT2D eigenvalue weighted by Gasteiger charge is -2.17. The van der Waals surface area contributed by atoms with Gasteiger partial charge in [0.15, 0.2) is 5.17 Å². The molecule has 1 fully saturated rings. The van der Waals surface area contributed by atoms with Crippen LogP contribution in [0.1, 0.15) is 25.0 Å². The van der Waals surface area contributed by atoms with E-state index in [1.54, 1.807) is 17.0 Å². The van der Waals surface area contributed by atoms with Gasteiger partial charge in [0.2, 0.25) is 5.91 Å². The van der Waals surface area contributed by atoms with Gasteiger partial charge in [-0.25, -0.2) is 4.99 Å². The number of thioether (sulfide) groups is 2. The summed E-state index contributed by atoms with van der Waals surface area (Å²) in [7, 11) is 1.93. The highest BCUT2D eigenvalue weighted by Crippen LogP contribution is 2.51.